The Morgan fingerprint density at radius 1 is 1.07 bits per heavy atom. The van der Waals surface area contributed by atoms with Gasteiger partial charge in [0.1, 0.15) is 11.3 Å². The molecule has 0 radical (unpaired) electrons. The highest BCUT2D eigenvalue weighted by Gasteiger charge is 2.20. The number of benzene rings is 2. The molecular formula is C23H19N5O. The number of aryl methyl sites for hydroxylation is 1. The third-order valence-corrected chi connectivity index (χ3v) is 5.03. The van der Waals surface area contributed by atoms with Crippen LogP contribution >= 0.6 is 0 Å². The number of pyridine rings is 1. The Kier molecular flexibility index (Phi) is 4.09. The molecule has 0 aliphatic carbocycles. The van der Waals surface area contributed by atoms with Crippen molar-refractivity contribution in [1.29, 1.82) is 0 Å². The highest BCUT2D eigenvalue weighted by Crippen LogP contribution is 2.25. The number of hydrogen-bond donors (Lipinski definition) is 2. The molecule has 2 N–H and O–H groups in total. The zero-order valence-electron chi connectivity index (χ0n) is 15.8. The lowest BCUT2D eigenvalue weighted by molar-refractivity contribution is 0.0938. The van der Waals surface area contributed by atoms with Gasteiger partial charge in [-0.25, -0.2) is 9.97 Å². The van der Waals surface area contributed by atoms with Crippen LogP contribution in [0.3, 0.4) is 0 Å². The van der Waals surface area contributed by atoms with Gasteiger partial charge in [-0.3, -0.25) is 4.79 Å². The summed E-state index contributed by atoms with van der Waals surface area (Å²) in [5.74, 6) is -0.218. The summed E-state index contributed by atoms with van der Waals surface area (Å²) >= 11 is 0. The van der Waals surface area contributed by atoms with E-state index in [0.717, 1.165) is 33.4 Å². The highest BCUT2D eigenvalue weighted by atomic mass is 16.2. The first-order valence-electron chi connectivity index (χ1n) is 9.41. The van der Waals surface area contributed by atoms with Crippen LogP contribution in [0.2, 0.25) is 0 Å². The first kappa shape index (κ1) is 17.2. The molecule has 0 aliphatic rings. The fourth-order valence-corrected chi connectivity index (χ4v) is 3.54. The lowest BCUT2D eigenvalue weighted by Gasteiger charge is -2.19. The van der Waals surface area contributed by atoms with Gasteiger partial charge in [0.2, 0.25) is 0 Å². The average molecular weight is 381 g/mol. The number of carbonyl (C=O) groups is 1. The van der Waals surface area contributed by atoms with Crippen LogP contribution in [0.1, 0.15) is 33.2 Å². The van der Waals surface area contributed by atoms with Gasteiger partial charge in [0.15, 0.2) is 0 Å². The highest BCUT2D eigenvalue weighted by molar-refractivity contribution is 5.93. The van der Waals surface area contributed by atoms with Gasteiger partial charge in [-0.15, -0.1) is 0 Å². The van der Waals surface area contributed by atoms with Crippen LogP contribution in [0.4, 0.5) is 0 Å². The van der Waals surface area contributed by atoms with Crippen LogP contribution in [0.25, 0.3) is 16.7 Å². The van der Waals surface area contributed by atoms with E-state index < -0.39 is 0 Å². The lowest BCUT2D eigenvalue weighted by Crippen LogP contribution is -2.29. The third kappa shape index (κ3) is 3.25. The molecule has 0 bridgehead atoms. The molecule has 29 heavy (non-hydrogen) atoms. The maximum Gasteiger partial charge on any atom is 0.272 e. The molecule has 0 saturated carbocycles. The largest absolute Gasteiger partial charge is 0.345 e. The number of aromatic amines is 1. The van der Waals surface area contributed by atoms with Crippen molar-refractivity contribution in [1.82, 2.24) is 24.7 Å². The molecule has 0 spiro atoms. The van der Waals surface area contributed by atoms with Crippen molar-refractivity contribution in [2.75, 3.05) is 0 Å². The van der Waals surface area contributed by atoms with E-state index in [-0.39, 0.29) is 11.9 Å². The van der Waals surface area contributed by atoms with Crippen LogP contribution in [-0.2, 0) is 0 Å². The molecule has 142 valence electrons. The smallest absolute Gasteiger partial charge is 0.272 e. The molecule has 6 heteroatoms. The average Bonchev–Trinajstić information content (AvgIpc) is 3.38. The van der Waals surface area contributed by atoms with E-state index in [4.69, 9.17) is 0 Å². The monoisotopic (exact) mass is 381 g/mol. The van der Waals surface area contributed by atoms with Crippen LogP contribution < -0.4 is 5.32 Å². The summed E-state index contributed by atoms with van der Waals surface area (Å²) in [7, 11) is 0. The summed E-state index contributed by atoms with van der Waals surface area (Å²) in [5.41, 5.74) is 6.04. The standard InChI is InChI=1S/C23H19N5O/c1-15-9-10-28-13-20(26-21(28)11-15)23(29)27-22(16-5-3-2-4-6-16)17-7-8-18-19(12-17)25-14-24-18/h2-14,22H,1H3,(H,24,25)(H,27,29). The Bertz CT molecular complexity index is 1320. The Morgan fingerprint density at radius 2 is 1.93 bits per heavy atom. The third-order valence-electron chi connectivity index (χ3n) is 5.03. The molecule has 3 aromatic heterocycles. The molecule has 1 amide bonds. The van der Waals surface area contributed by atoms with E-state index in [1.807, 2.05) is 78.2 Å². The minimum atomic E-state index is -0.303. The van der Waals surface area contributed by atoms with Crippen molar-refractivity contribution < 1.29 is 4.79 Å². The number of nitrogens with zero attached hydrogens (tertiary/aromatic N) is 3. The number of imidazole rings is 2. The maximum atomic E-state index is 13.1. The van der Waals surface area contributed by atoms with Gasteiger partial charge < -0.3 is 14.7 Å². The molecule has 5 rings (SSSR count). The molecule has 2 aromatic carbocycles. The SMILES string of the molecule is Cc1ccn2cc(C(=O)NC(c3ccccc3)c3ccc4nc[nH]c4c3)nc2c1. The summed E-state index contributed by atoms with van der Waals surface area (Å²) in [6.07, 6.45) is 5.34. The maximum absolute atomic E-state index is 13.1. The molecule has 5 aromatic rings. The predicted octanol–water partition coefficient (Wildman–Crippen LogP) is 4.04. The topological polar surface area (TPSA) is 75.1 Å². The molecule has 0 fully saturated rings. The van der Waals surface area contributed by atoms with E-state index in [1.165, 1.54) is 0 Å². The van der Waals surface area contributed by atoms with Crippen LogP contribution in [0.15, 0.2) is 79.4 Å². The summed E-state index contributed by atoms with van der Waals surface area (Å²) < 4.78 is 1.86. The lowest BCUT2D eigenvalue weighted by atomic mass is 9.98. The molecule has 0 saturated heterocycles. The van der Waals surface area contributed by atoms with Gasteiger partial charge in [0.25, 0.3) is 5.91 Å². The Morgan fingerprint density at radius 3 is 2.79 bits per heavy atom. The van der Waals surface area contributed by atoms with Crippen molar-refractivity contribution in [2.45, 2.75) is 13.0 Å². The Labute approximate surface area is 167 Å². The number of aromatic nitrogens is 4. The predicted molar refractivity (Wildman–Crippen MR) is 112 cm³/mol. The van der Waals surface area contributed by atoms with Gasteiger partial charge in [0.05, 0.1) is 23.4 Å². The number of rotatable bonds is 4. The number of nitrogens with one attached hydrogen (secondary N) is 2. The number of H-pyrrole nitrogens is 1. The van der Waals surface area contributed by atoms with E-state index in [0.29, 0.717) is 5.69 Å². The van der Waals surface area contributed by atoms with E-state index in [1.54, 1.807) is 12.5 Å². The van der Waals surface area contributed by atoms with E-state index in [2.05, 4.69) is 20.3 Å². The van der Waals surface area contributed by atoms with Gasteiger partial charge >= 0.3 is 0 Å². The van der Waals surface area contributed by atoms with Crippen LogP contribution in [-0.4, -0.2) is 25.3 Å². The number of hydrogen-bond acceptors (Lipinski definition) is 3. The van der Waals surface area contributed by atoms with Gasteiger partial charge in [-0.05, 0) is 47.9 Å². The number of fused-ring (bicyclic) bond motifs is 2. The second kappa shape index (κ2) is 6.91. The molecule has 1 unspecified atom stereocenters. The van der Waals surface area contributed by atoms with Gasteiger partial charge in [-0.2, -0.15) is 0 Å². The Hall–Kier alpha value is -3.93. The molecule has 6 nitrogen and oxygen atoms in total. The van der Waals surface area contributed by atoms with Crippen LogP contribution in [0, 0.1) is 6.92 Å². The second-order valence-electron chi connectivity index (χ2n) is 7.09. The summed E-state index contributed by atoms with van der Waals surface area (Å²) in [6, 6.07) is 19.5. The fraction of sp³-hybridized carbons (Fsp3) is 0.0870. The molecule has 3 heterocycles. The van der Waals surface area contributed by atoms with Crippen molar-refractivity contribution in [2.24, 2.45) is 0 Å². The van der Waals surface area contributed by atoms with Crippen molar-refractivity contribution in [3.8, 4) is 0 Å². The van der Waals surface area contributed by atoms with Crippen LogP contribution in [0.5, 0.6) is 0 Å². The van der Waals surface area contributed by atoms with E-state index in [9.17, 15) is 4.79 Å². The first-order chi connectivity index (χ1) is 14.2. The summed E-state index contributed by atoms with van der Waals surface area (Å²) in [5, 5.41) is 3.15. The van der Waals surface area contributed by atoms with Gasteiger partial charge in [-0.1, -0.05) is 36.4 Å². The van der Waals surface area contributed by atoms with Gasteiger partial charge in [0, 0.05) is 12.4 Å². The molecule has 1 atom stereocenters. The zero-order valence-corrected chi connectivity index (χ0v) is 15.8. The van der Waals surface area contributed by atoms with E-state index >= 15 is 0 Å². The minimum absolute atomic E-state index is 0.218. The number of amides is 1. The summed E-state index contributed by atoms with van der Waals surface area (Å²) in [4.78, 5) is 25.0. The first-order valence-corrected chi connectivity index (χ1v) is 9.41. The molecule has 0 aliphatic heterocycles. The fourth-order valence-electron chi connectivity index (χ4n) is 3.54. The Balaban J connectivity index is 1.52. The zero-order chi connectivity index (χ0) is 19.8. The normalized spacial score (nSPS) is 12.3. The minimum Gasteiger partial charge on any atom is -0.345 e. The second-order valence-corrected chi connectivity index (χ2v) is 7.09. The summed E-state index contributed by atoms with van der Waals surface area (Å²) in [6.45, 7) is 2.01. The van der Waals surface area contributed by atoms with Crippen molar-refractivity contribution in [3.05, 3.63) is 102 Å². The quantitative estimate of drug-likeness (QED) is 0.493. The van der Waals surface area contributed by atoms with Crippen molar-refractivity contribution in [3.63, 3.8) is 0 Å². The number of carbonyl (C=O) groups excluding carboxylic acids is 1. The molecular weight excluding hydrogens is 362 g/mol. The van der Waals surface area contributed by atoms with Crippen molar-refractivity contribution >= 4 is 22.6 Å².